The predicted molar refractivity (Wildman–Crippen MR) is 80.4 cm³/mol. The van der Waals surface area contributed by atoms with E-state index in [0.29, 0.717) is 23.2 Å². The van der Waals surface area contributed by atoms with Gasteiger partial charge >= 0.3 is 0 Å². The van der Waals surface area contributed by atoms with E-state index >= 15 is 0 Å². The van der Waals surface area contributed by atoms with Crippen LogP contribution < -0.4 is 0 Å². The Morgan fingerprint density at radius 2 is 2.05 bits per heavy atom. The van der Waals surface area contributed by atoms with Gasteiger partial charge in [-0.15, -0.1) is 0 Å². The van der Waals surface area contributed by atoms with Gasteiger partial charge in [-0.3, -0.25) is 0 Å². The molecular formula is C16H13ClN2O2. The van der Waals surface area contributed by atoms with Crippen molar-refractivity contribution in [3.05, 3.63) is 64.4 Å². The Hall–Kier alpha value is -2.33. The number of aromatic hydroxyl groups is 1. The van der Waals surface area contributed by atoms with Gasteiger partial charge in [-0.2, -0.15) is 4.98 Å². The maximum Gasteiger partial charge on any atom is 0.258 e. The minimum absolute atomic E-state index is 0.218. The third kappa shape index (κ3) is 3.06. The fourth-order valence-electron chi connectivity index (χ4n) is 2.15. The van der Waals surface area contributed by atoms with E-state index in [9.17, 15) is 5.11 Å². The molecule has 1 heterocycles. The number of hydrogen-bond donors (Lipinski definition) is 1. The number of rotatable bonds is 3. The third-order valence-electron chi connectivity index (χ3n) is 3.16. The molecule has 0 saturated carbocycles. The van der Waals surface area contributed by atoms with E-state index < -0.39 is 0 Å². The minimum Gasteiger partial charge on any atom is -0.508 e. The molecule has 1 N–H and O–H groups in total. The van der Waals surface area contributed by atoms with E-state index in [1.165, 1.54) is 0 Å². The molecule has 0 bridgehead atoms. The van der Waals surface area contributed by atoms with Crippen molar-refractivity contribution in [2.45, 2.75) is 13.3 Å². The molecule has 0 atom stereocenters. The Balaban J connectivity index is 1.86. The van der Waals surface area contributed by atoms with E-state index in [1.807, 2.05) is 31.2 Å². The maximum atomic E-state index is 9.43. The molecule has 5 heteroatoms. The second-order valence-electron chi connectivity index (χ2n) is 4.82. The zero-order valence-electron chi connectivity index (χ0n) is 11.4. The molecule has 0 saturated heterocycles. The average Bonchev–Trinajstić information content (AvgIpc) is 2.87. The van der Waals surface area contributed by atoms with Crippen molar-refractivity contribution in [3.8, 4) is 17.2 Å². The number of aromatic nitrogens is 2. The van der Waals surface area contributed by atoms with E-state index in [1.54, 1.807) is 18.2 Å². The van der Waals surface area contributed by atoms with E-state index in [-0.39, 0.29) is 5.75 Å². The van der Waals surface area contributed by atoms with Gasteiger partial charge in [-0.1, -0.05) is 28.9 Å². The minimum atomic E-state index is 0.218. The summed E-state index contributed by atoms with van der Waals surface area (Å²) < 4.78 is 5.30. The Labute approximate surface area is 127 Å². The summed E-state index contributed by atoms with van der Waals surface area (Å²) in [6, 6.07) is 12.6. The van der Waals surface area contributed by atoms with Gasteiger partial charge in [-0.25, -0.2) is 0 Å². The van der Waals surface area contributed by atoms with Crippen LogP contribution in [0.1, 0.15) is 17.0 Å². The van der Waals surface area contributed by atoms with Crippen LogP contribution in [0.5, 0.6) is 5.75 Å². The quantitative estimate of drug-likeness (QED) is 0.794. The lowest BCUT2D eigenvalue weighted by Crippen LogP contribution is -1.91. The van der Waals surface area contributed by atoms with Gasteiger partial charge in [0.25, 0.3) is 5.89 Å². The zero-order chi connectivity index (χ0) is 14.8. The van der Waals surface area contributed by atoms with E-state index in [4.69, 9.17) is 16.1 Å². The van der Waals surface area contributed by atoms with Gasteiger partial charge in [0.05, 0.1) is 0 Å². The van der Waals surface area contributed by atoms with Gasteiger partial charge in [-0.05, 0) is 48.4 Å². The van der Waals surface area contributed by atoms with Crippen LogP contribution in [0, 0.1) is 6.92 Å². The molecule has 0 aliphatic carbocycles. The highest BCUT2D eigenvalue weighted by atomic mass is 35.5. The van der Waals surface area contributed by atoms with Crippen molar-refractivity contribution >= 4 is 11.6 Å². The molecule has 0 unspecified atom stereocenters. The number of phenols is 1. The highest BCUT2D eigenvalue weighted by molar-refractivity contribution is 6.30. The first-order valence-corrected chi connectivity index (χ1v) is 6.86. The van der Waals surface area contributed by atoms with Gasteiger partial charge in [0.15, 0.2) is 5.82 Å². The number of halogens is 1. The van der Waals surface area contributed by atoms with Crippen LogP contribution in [0.3, 0.4) is 0 Å². The normalized spacial score (nSPS) is 10.8. The van der Waals surface area contributed by atoms with Crippen molar-refractivity contribution in [3.63, 3.8) is 0 Å². The second-order valence-corrected chi connectivity index (χ2v) is 5.26. The zero-order valence-corrected chi connectivity index (χ0v) is 12.1. The molecule has 0 spiro atoms. The molecule has 0 aliphatic heterocycles. The van der Waals surface area contributed by atoms with Crippen LogP contribution >= 0.6 is 11.6 Å². The fraction of sp³-hybridized carbons (Fsp3) is 0.125. The topological polar surface area (TPSA) is 59.2 Å². The molecule has 4 nitrogen and oxygen atoms in total. The Morgan fingerprint density at radius 3 is 2.81 bits per heavy atom. The summed E-state index contributed by atoms with van der Waals surface area (Å²) >= 11 is 5.96. The maximum absolute atomic E-state index is 9.43. The monoisotopic (exact) mass is 300 g/mol. The summed E-state index contributed by atoms with van der Waals surface area (Å²) in [6.07, 6.45) is 0.557. The van der Waals surface area contributed by atoms with Crippen LogP contribution in [-0.4, -0.2) is 15.2 Å². The summed E-state index contributed by atoms with van der Waals surface area (Å²) in [5, 5.41) is 14.1. The smallest absolute Gasteiger partial charge is 0.258 e. The van der Waals surface area contributed by atoms with Crippen molar-refractivity contribution < 1.29 is 9.63 Å². The van der Waals surface area contributed by atoms with Gasteiger partial charge in [0, 0.05) is 17.0 Å². The number of nitrogens with zero attached hydrogens (tertiary/aromatic N) is 2. The van der Waals surface area contributed by atoms with Gasteiger partial charge in [0.2, 0.25) is 0 Å². The lowest BCUT2D eigenvalue weighted by molar-refractivity contribution is 0.423. The van der Waals surface area contributed by atoms with Crippen LogP contribution in [0.25, 0.3) is 11.5 Å². The van der Waals surface area contributed by atoms with Crippen molar-refractivity contribution in [1.29, 1.82) is 0 Å². The Morgan fingerprint density at radius 1 is 1.19 bits per heavy atom. The fourth-order valence-corrected chi connectivity index (χ4v) is 2.37. The van der Waals surface area contributed by atoms with Crippen molar-refractivity contribution in [2.24, 2.45) is 0 Å². The summed E-state index contributed by atoms with van der Waals surface area (Å²) in [4.78, 5) is 4.39. The summed E-state index contributed by atoms with van der Waals surface area (Å²) in [5.41, 5.74) is 2.72. The summed E-state index contributed by atoms with van der Waals surface area (Å²) in [5.74, 6) is 1.26. The molecular weight excluding hydrogens is 288 g/mol. The van der Waals surface area contributed by atoms with Crippen LogP contribution in [-0.2, 0) is 6.42 Å². The Bertz CT molecular complexity index is 783. The standard InChI is InChI=1S/C16H13ClN2O2/c1-10-7-13(20)5-6-14(10)16-18-15(19-21-16)9-11-3-2-4-12(17)8-11/h2-8,20H,9H2,1H3. The molecule has 1 aromatic heterocycles. The number of aryl methyl sites for hydroxylation is 1. The molecule has 0 amide bonds. The van der Waals surface area contributed by atoms with E-state index in [0.717, 1.165) is 16.7 Å². The molecule has 106 valence electrons. The first-order chi connectivity index (χ1) is 10.1. The third-order valence-corrected chi connectivity index (χ3v) is 3.39. The first-order valence-electron chi connectivity index (χ1n) is 6.49. The molecule has 3 rings (SSSR count). The predicted octanol–water partition coefficient (Wildman–Crippen LogP) is 3.99. The second kappa shape index (κ2) is 5.58. The first kappa shape index (κ1) is 13.6. The van der Waals surface area contributed by atoms with E-state index in [2.05, 4.69) is 10.1 Å². The molecule has 0 aliphatic rings. The van der Waals surface area contributed by atoms with Crippen molar-refractivity contribution in [2.75, 3.05) is 0 Å². The van der Waals surface area contributed by atoms with Crippen molar-refractivity contribution in [1.82, 2.24) is 10.1 Å². The molecule has 3 aromatic rings. The molecule has 2 aromatic carbocycles. The van der Waals surface area contributed by atoms with Crippen LogP contribution in [0.15, 0.2) is 47.0 Å². The van der Waals surface area contributed by atoms with Gasteiger partial charge in [0.1, 0.15) is 5.75 Å². The van der Waals surface area contributed by atoms with Crippen LogP contribution in [0.2, 0.25) is 5.02 Å². The Kier molecular flexibility index (Phi) is 3.62. The highest BCUT2D eigenvalue weighted by Gasteiger charge is 2.12. The SMILES string of the molecule is Cc1cc(O)ccc1-c1nc(Cc2cccc(Cl)c2)no1. The largest absolute Gasteiger partial charge is 0.508 e. The number of hydrogen-bond acceptors (Lipinski definition) is 4. The molecule has 0 fully saturated rings. The number of benzene rings is 2. The molecule has 21 heavy (non-hydrogen) atoms. The highest BCUT2D eigenvalue weighted by Crippen LogP contribution is 2.25. The summed E-state index contributed by atoms with van der Waals surface area (Å²) in [7, 11) is 0. The average molecular weight is 301 g/mol. The molecule has 0 radical (unpaired) electrons. The van der Waals surface area contributed by atoms with Crippen LogP contribution in [0.4, 0.5) is 0 Å². The lowest BCUT2D eigenvalue weighted by atomic mass is 10.1. The lowest BCUT2D eigenvalue weighted by Gasteiger charge is -2.00. The summed E-state index contributed by atoms with van der Waals surface area (Å²) in [6.45, 7) is 1.88. The number of phenolic OH excluding ortho intramolecular Hbond substituents is 1. The van der Waals surface area contributed by atoms with Gasteiger partial charge < -0.3 is 9.63 Å².